The molecule has 0 aliphatic heterocycles. The van der Waals surface area contributed by atoms with Crippen molar-refractivity contribution in [2.75, 3.05) is 6.54 Å². The average molecular weight is 330 g/mol. The maximum absolute atomic E-state index is 12.9. The second-order valence-corrected chi connectivity index (χ2v) is 5.76. The number of nitrogens with one attached hydrogen (secondary N) is 1. The van der Waals surface area contributed by atoms with Gasteiger partial charge in [0.1, 0.15) is 17.3 Å². The molecule has 0 aliphatic carbocycles. The molecule has 3 aromatic rings. The van der Waals surface area contributed by atoms with E-state index >= 15 is 0 Å². The van der Waals surface area contributed by atoms with Gasteiger partial charge in [0, 0.05) is 10.6 Å². The summed E-state index contributed by atoms with van der Waals surface area (Å²) in [5, 5.41) is 4.11. The van der Waals surface area contributed by atoms with Gasteiger partial charge in [0.25, 0.3) is 0 Å². The highest BCUT2D eigenvalue weighted by Crippen LogP contribution is 2.22. The van der Waals surface area contributed by atoms with E-state index in [1.807, 2.05) is 36.4 Å². The van der Waals surface area contributed by atoms with Crippen LogP contribution in [0.5, 0.6) is 0 Å². The smallest absolute Gasteiger partial charge is 0.134 e. The zero-order chi connectivity index (χ0) is 16.1. The van der Waals surface area contributed by atoms with E-state index in [0.29, 0.717) is 6.54 Å². The van der Waals surface area contributed by atoms with Crippen molar-refractivity contribution in [1.29, 1.82) is 0 Å². The molecule has 0 amide bonds. The molecule has 0 fully saturated rings. The molecule has 2 nitrogen and oxygen atoms in total. The largest absolute Gasteiger partial charge is 0.460 e. The number of hydrogen-bond acceptors (Lipinski definition) is 2. The van der Waals surface area contributed by atoms with Gasteiger partial charge in [0.05, 0.1) is 6.54 Å². The number of benzene rings is 2. The molecule has 0 radical (unpaired) electrons. The lowest BCUT2D eigenvalue weighted by Crippen LogP contribution is -2.16. The Bertz CT molecular complexity index is 750. The lowest BCUT2D eigenvalue weighted by Gasteiger charge is -2.03. The van der Waals surface area contributed by atoms with E-state index < -0.39 is 0 Å². The average Bonchev–Trinajstić information content (AvgIpc) is 3.03. The van der Waals surface area contributed by atoms with E-state index in [-0.39, 0.29) is 5.82 Å². The van der Waals surface area contributed by atoms with Gasteiger partial charge in [0.15, 0.2) is 0 Å². The highest BCUT2D eigenvalue weighted by atomic mass is 35.5. The minimum absolute atomic E-state index is 0.246. The second-order valence-electron chi connectivity index (χ2n) is 5.33. The summed E-state index contributed by atoms with van der Waals surface area (Å²) >= 11 is 5.87. The van der Waals surface area contributed by atoms with E-state index in [1.54, 1.807) is 12.1 Å². The third-order valence-electron chi connectivity index (χ3n) is 3.59. The minimum Gasteiger partial charge on any atom is -0.460 e. The Kier molecular flexibility index (Phi) is 5.11. The van der Waals surface area contributed by atoms with Crippen LogP contribution in [-0.2, 0) is 13.0 Å². The van der Waals surface area contributed by atoms with Crippen molar-refractivity contribution in [3.63, 3.8) is 0 Å². The van der Waals surface area contributed by atoms with Crippen LogP contribution < -0.4 is 5.32 Å². The van der Waals surface area contributed by atoms with Crippen LogP contribution in [0.2, 0.25) is 5.02 Å². The molecule has 0 bridgehead atoms. The molecule has 0 unspecified atom stereocenters. The Balaban J connectivity index is 1.49. The van der Waals surface area contributed by atoms with Crippen LogP contribution in [0.1, 0.15) is 11.3 Å². The van der Waals surface area contributed by atoms with Gasteiger partial charge < -0.3 is 9.73 Å². The molecule has 0 spiro atoms. The van der Waals surface area contributed by atoms with Crippen molar-refractivity contribution < 1.29 is 8.81 Å². The first-order valence-corrected chi connectivity index (χ1v) is 7.88. The summed E-state index contributed by atoms with van der Waals surface area (Å²) in [5.41, 5.74) is 2.12. The van der Waals surface area contributed by atoms with Crippen LogP contribution in [0.15, 0.2) is 65.1 Å². The van der Waals surface area contributed by atoms with Crippen molar-refractivity contribution in [1.82, 2.24) is 5.32 Å². The highest BCUT2D eigenvalue weighted by molar-refractivity contribution is 6.30. The molecule has 3 rings (SSSR count). The Labute approximate surface area is 139 Å². The summed E-state index contributed by atoms with van der Waals surface area (Å²) in [7, 11) is 0. The lowest BCUT2D eigenvalue weighted by atomic mass is 10.1. The molecule has 23 heavy (non-hydrogen) atoms. The molecular formula is C19H17ClFNO. The fourth-order valence-electron chi connectivity index (χ4n) is 2.34. The van der Waals surface area contributed by atoms with E-state index in [2.05, 4.69) is 5.32 Å². The predicted octanol–water partition coefficient (Wildman–Crippen LogP) is 5.07. The van der Waals surface area contributed by atoms with Gasteiger partial charge >= 0.3 is 0 Å². The van der Waals surface area contributed by atoms with Crippen molar-refractivity contribution in [3.05, 3.63) is 82.8 Å². The van der Waals surface area contributed by atoms with Gasteiger partial charge in [-0.05, 0) is 67.1 Å². The van der Waals surface area contributed by atoms with Gasteiger partial charge in [-0.2, -0.15) is 0 Å². The zero-order valence-electron chi connectivity index (χ0n) is 12.6. The Morgan fingerprint density at radius 1 is 0.913 bits per heavy atom. The van der Waals surface area contributed by atoms with E-state index in [4.69, 9.17) is 16.0 Å². The Morgan fingerprint density at radius 2 is 1.65 bits per heavy atom. The van der Waals surface area contributed by atoms with E-state index in [1.165, 1.54) is 17.7 Å². The number of halogens is 2. The first-order chi connectivity index (χ1) is 11.2. The Morgan fingerprint density at radius 3 is 2.39 bits per heavy atom. The summed E-state index contributed by atoms with van der Waals surface area (Å²) in [6.07, 6.45) is 0.933. The summed E-state index contributed by atoms with van der Waals surface area (Å²) < 4.78 is 18.7. The van der Waals surface area contributed by atoms with Gasteiger partial charge in [-0.3, -0.25) is 0 Å². The fraction of sp³-hybridized carbons (Fsp3) is 0.158. The summed E-state index contributed by atoms with van der Waals surface area (Å²) in [5.74, 6) is 1.37. The second kappa shape index (κ2) is 7.44. The molecule has 1 aromatic heterocycles. The van der Waals surface area contributed by atoms with E-state index in [9.17, 15) is 4.39 Å². The topological polar surface area (TPSA) is 25.2 Å². The molecule has 4 heteroatoms. The van der Waals surface area contributed by atoms with Crippen LogP contribution in [0.4, 0.5) is 4.39 Å². The Hall–Kier alpha value is -2.10. The SMILES string of the molecule is Fc1ccc(-c2ccc(CNCCc3ccc(Cl)cc3)o2)cc1. The van der Waals surface area contributed by atoms with Crippen molar-refractivity contribution in [3.8, 4) is 11.3 Å². The molecule has 1 N–H and O–H groups in total. The van der Waals surface area contributed by atoms with Crippen molar-refractivity contribution in [2.45, 2.75) is 13.0 Å². The van der Waals surface area contributed by atoms with Gasteiger partial charge in [0.2, 0.25) is 0 Å². The summed E-state index contributed by atoms with van der Waals surface area (Å²) in [6, 6.07) is 18.0. The van der Waals surface area contributed by atoms with Gasteiger partial charge in [-0.25, -0.2) is 4.39 Å². The number of furan rings is 1. The summed E-state index contributed by atoms with van der Waals surface area (Å²) in [6.45, 7) is 1.52. The number of rotatable bonds is 6. The quantitative estimate of drug-likeness (QED) is 0.639. The molecule has 2 aromatic carbocycles. The van der Waals surface area contributed by atoms with Crippen molar-refractivity contribution in [2.24, 2.45) is 0 Å². The third-order valence-corrected chi connectivity index (χ3v) is 3.85. The molecule has 0 atom stereocenters. The fourth-order valence-corrected chi connectivity index (χ4v) is 2.46. The predicted molar refractivity (Wildman–Crippen MR) is 91.0 cm³/mol. The van der Waals surface area contributed by atoms with Gasteiger partial charge in [-0.1, -0.05) is 23.7 Å². The normalized spacial score (nSPS) is 10.9. The van der Waals surface area contributed by atoms with Gasteiger partial charge in [-0.15, -0.1) is 0 Å². The standard InChI is InChI=1S/C19H17ClFNO/c20-16-5-1-14(2-6-16)11-12-22-13-18-9-10-19(23-18)15-3-7-17(21)8-4-15/h1-10,22H,11-13H2. The lowest BCUT2D eigenvalue weighted by molar-refractivity contribution is 0.494. The monoisotopic (exact) mass is 329 g/mol. The molecule has 118 valence electrons. The third kappa shape index (κ3) is 4.44. The first kappa shape index (κ1) is 15.8. The van der Waals surface area contributed by atoms with Crippen LogP contribution in [-0.4, -0.2) is 6.54 Å². The molecule has 0 saturated heterocycles. The molecular weight excluding hydrogens is 313 g/mol. The van der Waals surface area contributed by atoms with Crippen LogP contribution in [0.3, 0.4) is 0 Å². The van der Waals surface area contributed by atoms with E-state index in [0.717, 1.165) is 35.1 Å². The van der Waals surface area contributed by atoms with Crippen LogP contribution >= 0.6 is 11.6 Å². The number of hydrogen-bond donors (Lipinski definition) is 1. The highest BCUT2D eigenvalue weighted by Gasteiger charge is 2.05. The maximum Gasteiger partial charge on any atom is 0.134 e. The summed E-state index contributed by atoms with van der Waals surface area (Å²) in [4.78, 5) is 0. The minimum atomic E-state index is -0.246. The molecule has 0 aliphatic rings. The molecule has 0 saturated carbocycles. The maximum atomic E-state index is 12.9. The molecule has 1 heterocycles. The first-order valence-electron chi connectivity index (χ1n) is 7.50. The van der Waals surface area contributed by atoms with Crippen molar-refractivity contribution >= 4 is 11.6 Å². The van der Waals surface area contributed by atoms with Crippen LogP contribution in [0, 0.1) is 5.82 Å². The zero-order valence-corrected chi connectivity index (χ0v) is 13.3. The van der Waals surface area contributed by atoms with Crippen LogP contribution in [0.25, 0.3) is 11.3 Å².